The van der Waals surface area contributed by atoms with Crippen LogP contribution in [0.15, 0.2) is 83.0 Å². The molecule has 5 heteroatoms. The van der Waals surface area contributed by atoms with Gasteiger partial charge in [-0.05, 0) is 75.1 Å². The second-order valence-electron chi connectivity index (χ2n) is 9.98. The first-order valence-electron chi connectivity index (χ1n) is 12.6. The molecular weight excluding hydrogens is 472 g/mol. The maximum atomic E-state index is 12.5. The number of halogens is 1. The first kappa shape index (κ1) is 29.4. The maximum absolute atomic E-state index is 12.5. The SMILES string of the molecule is CCCC(=O)OC(OC(=O)C=C(C)C=CC=C(C)C=CC1=C(C)CCCC1(C)C)c1ccc(Cl)cc1. The number of ether oxygens (including phenoxy) is 2. The molecule has 1 aliphatic carbocycles. The van der Waals surface area contributed by atoms with Crippen LogP contribution in [0.5, 0.6) is 0 Å². The van der Waals surface area contributed by atoms with E-state index < -0.39 is 18.2 Å². The molecule has 0 spiro atoms. The standard InChI is InChI=1S/C31H39ClO4/c1-7-10-28(33)35-30(25-15-17-26(32)18-16-25)36-29(34)21-23(3)12-8-11-22(2)14-19-27-24(4)13-9-20-31(27,5)6/h8,11-12,14-19,21,30H,7,9-10,13,20H2,1-6H3. The van der Waals surface area contributed by atoms with Crippen LogP contribution in [0, 0.1) is 5.41 Å². The number of allylic oxidation sites excluding steroid dienone is 9. The van der Waals surface area contributed by atoms with Gasteiger partial charge in [-0.2, -0.15) is 0 Å². The molecule has 1 aliphatic rings. The van der Waals surface area contributed by atoms with E-state index in [9.17, 15) is 9.59 Å². The molecule has 0 heterocycles. The molecular formula is C31H39ClO4. The first-order chi connectivity index (χ1) is 17.0. The van der Waals surface area contributed by atoms with E-state index in [4.69, 9.17) is 21.1 Å². The Balaban J connectivity index is 2.04. The molecule has 1 atom stereocenters. The van der Waals surface area contributed by atoms with E-state index in [-0.39, 0.29) is 11.8 Å². The zero-order valence-corrected chi connectivity index (χ0v) is 23.2. The third kappa shape index (κ3) is 9.66. The lowest BCUT2D eigenvalue weighted by atomic mass is 9.72. The van der Waals surface area contributed by atoms with E-state index in [1.807, 2.05) is 32.1 Å². The number of carbonyl (C=O) groups excluding carboxylic acids is 2. The van der Waals surface area contributed by atoms with Crippen molar-refractivity contribution in [2.75, 3.05) is 0 Å². The van der Waals surface area contributed by atoms with E-state index >= 15 is 0 Å². The van der Waals surface area contributed by atoms with Gasteiger partial charge in [-0.1, -0.05) is 86.0 Å². The summed E-state index contributed by atoms with van der Waals surface area (Å²) in [6.45, 7) is 12.6. The van der Waals surface area contributed by atoms with Gasteiger partial charge in [0.05, 0.1) is 0 Å². The van der Waals surface area contributed by atoms with Crippen LogP contribution in [0.1, 0.15) is 85.5 Å². The Morgan fingerprint density at radius 1 is 1.08 bits per heavy atom. The minimum absolute atomic E-state index is 0.212. The summed E-state index contributed by atoms with van der Waals surface area (Å²) in [7, 11) is 0. The van der Waals surface area contributed by atoms with E-state index in [0.717, 1.165) is 11.1 Å². The summed E-state index contributed by atoms with van der Waals surface area (Å²) < 4.78 is 10.8. The molecule has 0 aromatic heterocycles. The normalized spacial score (nSPS) is 17.5. The average Bonchev–Trinajstić information content (AvgIpc) is 2.78. The van der Waals surface area contributed by atoms with Gasteiger partial charge < -0.3 is 9.47 Å². The van der Waals surface area contributed by atoms with Gasteiger partial charge in [-0.25, -0.2) is 4.79 Å². The lowest BCUT2D eigenvalue weighted by Crippen LogP contribution is -2.19. The summed E-state index contributed by atoms with van der Waals surface area (Å²) in [6.07, 6.45) is 14.9. The van der Waals surface area contributed by atoms with E-state index in [1.54, 1.807) is 24.3 Å². The molecule has 1 aromatic carbocycles. The van der Waals surface area contributed by atoms with Crippen LogP contribution < -0.4 is 0 Å². The highest BCUT2D eigenvalue weighted by atomic mass is 35.5. The van der Waals surface area contributed by atoms with Gasteiger partial charge in [0.2, 0.25) is 0 Å². The number of esters is 2. The predicted molar refractivity (Wildman–Crippen MR) is 147 cm³/mol. The third-order valence-corrected chi connectivity index (χ3v) is 6.43. The van der Waals surface area contributed by atoms with Crippen molar-refractivity contribution in [3.63, 3.8) is 0 Å². The van der Waals surface area contributed by atoms with E-state index in [0.29, 0.717) is 17.0 Å². The lowest BCUT2D eigenvalue weighted by molar-refractivity contribution is -0.186. The Bertz CT molecular complexity index is 1070. The molecule has 0 aliphatic heterocycles. The molecule has 194 valence electrons. The summed E-state index contributed by atoms with van der Waals surface area (Å²) in [5.41, 5.74) is 5.49. The number of hydrogen-bond donors (Lipinski definition) is 0. The summed E-state index contributed by atoms with van der Waals surface area (Å²) in [5.74, 6) is -1.02. The molecule has 36 heavy (non-hydrogen) atoms. The molecule has 0 fully saturated rings. The molecule has 1 unspecified atom stereocenters. The van der Waals surface area contributed by atoms with Gasteiger partial charge in [-0.15, -0.1) is 0 Å². The molecule has 4 nitrogen and oxygen atoms in total. The zero-order chi connectivity index (χ0) is 26.7. The largest absolute Gasteiger partial charge is 0.421 e. The quantitative estimate of drug-likeness (QED) is 0.136. The summed E-state index contributed by atoms with van der Waals surface area (Å²) in [5, 5.41) is 0.539. The second kappa shape index (κ2) is 14.0. The van der Waals surface area contributed by atoms with Gasteiger partial charge in [0.15, 0.2) is 0 Å². The van der Waals surface area contributed by atoms with Crippen LogP contribution in [0.2, 0.25) is 5.02 Å². The topological polar surface area (TPSA) is 52.6 Å². The maximum Gasteiger partial charge on any atom is 0.334 e. The fraction of sp³-hybridized carbons (Fsp3) is 0.419. The monoisotopic (exact) mass is 510 g/mol. The Morgan fingerprint density at radius 2 is 1.78 bits per heavy atom. The molecule has 0 saturated heterocycles. The van der Waals surface area contributed by atoms with Crippen molar-refractivity contribution < 1.29 is 19.1 Å². The zero-order valence-electron chi connectivity index (χ0n) is 22.4. The van der Waals surface area contributed by atoms with E-state index in [2.05, 4.69) is 39.8 Å². The summed E-state index contributed by atoms with van der Waals surface area (Å²) in [6, 6.07) is 6.66. The Kier molecular flexibility index (Phi) is 11.5. The number of hydrogen-bond acceptors (Lipinski definition) is 4. The molecule has 0 saturated carbocycles. The molecule has 0 radical (unpaired) electrons. The fourth-order valence-corrected chi connectivity index (χ4v) is 4.29. The minimum atomic E-state index is -1.13. The first-order valence-corrected chi connectivity index (χ1v) is 13.0. The van der Waals surface area contributed by atoms with Crippen molar-refractivity contribution in [1.29, 1.82) is 0 Å². The smallest absolute Gasteiger partial charge is 0.334 e. The van der Waals surface area contributed by atoms with Crippen molar-refractivity contribution in [2.45, 2.75) is 79.9 Å². The van der Waals surface area contributed by atoms with Crippen molar-refractivity contribution in [3.05, 3.63) is 93.6 Å². The Hall–Kier alpha value is -2.85. The highest BCUT2D eigenvalue weighted by molar-refractivity contribution is 6.30. The van der Waals surface area contributed by atoms with Crippen molar-refractivity contribution >= 4 is 23.5 Å². The van der Waals surface area contributed by atoms with Gasteiger partial charge in [0.25, 0.3) is 6.29 Å². The van der Waals surface area contributed by atoms with Crippen molar-refractivity contribution in [2.24, 2.45) is 5.41 Å². The Labute approximate surface area is 221 Å². The molecule has 2 rings (SSSR count). The van der Waals surface area contributed by atoms with Crippen LogP contribution in [0.3, 0.4) is 0 Å². The van der Waals surface area contributed by atoms with Crippen LogP contribution in [-0.2, 0) is 19.1 Å². The van der Waals surface area contributed by atoms with Crippen LogP contribution >= 0.6 is 11.6 Å². The molecule has 0 N–H and O–H groups in total. The number of rotatable bonds is 10. The van der Waals surface area contributed by atoms with Crippen LogP contribution in [0.25, 0.3) is 0 Å². The molecule has 1 aromatic rings. The van der Waals surface area contributed by atoms with Gasteiger partial charge in [-0.3, -0.25) is 4.79 Å². The van der Waals surface area contributed by atoms with Crippen molar-refractivity contribution in [1.82, 2.24) is 0 Å². The lowest BCUT2D eigenvalue weighted by Gasteiger charge is -2.32. The Morgan fingerprint density at radius 3 is 2.42 bits per heavy atom. The third-order valence-electron chi connectivity index (χ3n) is 6.18. The molecule has 0 bridgehead atoms. The van der Waals surface area contributed by atoms with E-state index in [1.165, 1.54) is 36.5 Å². The second-order valence-corrected chi connectivity index (χ2v) is 10.4. The van der Waals surface area contributed by atoms with Gasteiger partial charge >= 0.3 is 11.9 Å². The van der Waals surface area contributed by atoms with Gasteiger partial charge in [0.1, 0.15) is 0 Å². The average molecular weight is 511 g/mol. The minimum Gasteiger partial charge on any atom is -0.421 e. The van der Waals surface area contributed by atoms with Gasteiger partial charge in [0, 0.05) is 23.1 Å². The molecule has 0 amide bonds. The number of benzene rings is 1. The predicted octanol–water partition coefficient (Wildman–Crippen LogP) is 8.76. The highest BCUT2D eigenvalue weighted by Crippen LogP contribution is 2.40. The van der Waals surface area contributed by atoms with Crippen molar-refractivity contribution in [3.8, 4) is 0 Å². The highest BCUT2D eigenvalue weighted by Gasteiger charge is 2.26. The summed E-state index contributed by atoms with van der Waals surface area (Å²) >= 11 is 5.95. The summed E-state index contributed by atoms with van der Waals surface area (Å²) in [4.78, 5) is 24.6. The number of carbonyl (C=O) groups is 2. The van der Waals surface area contributed by atoms with Crippen LogP contribution in [0.4, 0.5) is 0 Å². The fourth-order valence-electron chi connectivity index (χ4n) is 4.17. The van der Waals surface area contributed by atoms with Crippen LogP contribution in [-0.4, -0.2) is 11.9 Å².